The average Bonchev–Trinajstić information content (AvgIpc) is 2.28. The first-order valence-corrected chi connectivity index (χ1v) is 5.54. The van der Waals surface area contributed by atoms with Gasteiger partial charge in [-0.1, -0.05) is 29.1 Å². The normalized spacial score (nSPS) is 11.6. The summed E-state index contributed by atoms with van der Waals surface area (Å²) in [5, 5.41) is 3.76. The fourth-order valence-electron chi connectivity index (χ4n) is 1.36. The molecule has 1 unspecified atom stereocenters. The summed E-state index contributed by atoms with van der Waals surface area (Å²) in [6, 6.07) is 4.19. The molecule has 0 saturated carbocycles. The summed E-state index contributed by atoms with van der Waals surface area (Å²) >= 11 is 11.7. The van der Waals surface area contributed by atoms with Gasteiger partial charge in [0.2, 0.25) is 0 Å². The summed E-state index contributed by atoms with van der Waals surface area (Å²) in [5.41, 5.74) is 0.615. The van der Waals surface area contributed by atoms with Crippen LogP contribution in [0.5, 0.6) is 0 Å². The van der Waals surface area contributed by atoms with E-state index in [-0.39, 0.29) is 6.54 Å². The SMILES string of the molecule is C#CCNC(C(=O)OC)c1cc(Cl)cc(Cl)c1. The number of hydrogen-bond acceptors (Lipinski definition) is 3. The van der Waals surface area contributed by atoms with E-state index in [2.05, 4.69) is 16.0 Å². The van der Waals surface area contributed by atoms with Gasteiger partial charge in [-0.2, -0.15) is 0 Å². The highest BCUT2D eigenvalue weighted by molar-refractivity contribution is 6.34. The molecule has 0 amide bonds. The van der Waals surface area contributed by atoms with Crippen LogP contribution >= 0.6 is 23.2 Å². The Morgan fingerprint density at radius 2 is 2.06 bits per heavy atom. The standard InChI is InChI=1S/C12H11Cl2NO2/c1-3-4-15-11(12(16)17-2)8-5-9(13)7-10(14)6-8/h1,5-7,11,15H,4H2,2H3. The molecular formula is C12H11Cl2NO2. The Kier molecular flexibility index (Phi) is 5.30. The van der Waals surface area contributed by atoms with Crippen LogP contribution in [-0.2, 0) is 9.53 Å². The van der Waals surface area contributed by atoms with Gasteiger partial charge in [-0.3, -0.25) is 5.32 Å². The Morgan fingerprint density at radius 1 is 1.47 bits per heavy atom. The van der Waals surface area contributed by atoms with Crippen molar-refractivity contribution in [3.8, 4) is 12.3 Å². The molecule has 0 heterocycles. The van der Waals surface area contributed by atoms with Gasteiger partial charge in [0.25, 0.3) is 0 Å². The number of benzene rings is 1. The maximum Gasteiger partial charge on any atom is 0.327 e. The monoisotopic (exact) mass is 271 g/mol. The molecule has 0 aliphatic carbocycles. The molecule has 1 rings (SSSR count). The average molecular weight is 272 g/mol. The highest BCUT2D eigenvalue weighted by Crippen LogP contribution is 2.24. The molecule has 1 atom stereocenters. The molecule has 0 aromatic heterocycles. The zero-order valence-electron chi connectivity index (χ0n) is 9.17. The third-order valence-corrected chi connectivity index (χ3v) is 2.50. The minimum Gasteiger partial charge on any atom is -0.468 e. The van der Waals surface area contributed by atoms with Crippen molar-refractivity contribution in [2.24, 2.45) is 0 Å². The molecule has 1 aromatic carbocycles. The summed E-state index contributed by atoms with van der Waals surface area (Å²) in [4.78, 5) is 11.6. The number of terminal acetylenes is 1. The van der Waals surface area contributed by atoms with Crippen LogP contribution in [0.2, 0.25) is 10.0 Å². The molecule has 5 heteroatoms. The highest BCUT2D eigenvalue weighted by atomic mass is 35.5. The van der Waals surface area contributed by atoms with Gasteiger partial charge in [-0.25, -0.2) is 4.79 Å². The molecular weight excluding hydrogens is 261 g/mol. The number of halogens is 2. The molecule has 0 aliphatic rings. The zero-order chi connectivity index (χ0) is 12.8. The number of esters is 1. The second-order valence-electron chi connectivity index (χ2n) is 3.24. The molecule has 3 nitrogen and oxygen atoms in total. The van der Waals surface area contributed by atoms with Crippen molar-refractivity contribution in [3.63, 3.8) is 0 Å². The summed E-state index contributed by atoms with van der Waals surface area (Å²) in [6.45, 7) is 0.240. The van der Waals surface area contributed by atoms with E-state index in [0.717, 1.165) is 0 Å². The molecule has 1 aromatic rings. The summed E-state index contributed by atoms with van der Waals surface area (Å²) in [7, 11) is 1.30. The second-order valence-corrected chi connectivity index (χ2v) is 4.12. The Balaban J connectivity index is 3.03. The number of carbonyl (C=O) groups excluding carboxylic acids is 1. The van der Waals surface area contributed by atoms with Crippen molar-refractivity contribution >= 4 is 29.2 Å². The molecule has 17 heavy (non-hydrogen) atoms. The van der Waals surface area contributed by atoms with E-state index in [9.17, 15) is 4.79 Å². The second kappa shape index (κ2) is 6.51. The number of ether oxygens (including phenoxy) is 1. The summed E-state index contributed by atoms with van der Waals surface area (Å²) < 4.78 is 4.69. The molecule has 0 fully saturated rings. The number of carbonyl (C=O) groups is 1. The minimum absolute atomic E-state index is 0.240. The maximum atomic E-state index is 11.6. The predicted molar refractivity (Wildman–Crippen MR) is 68.1 cm³/mol. The molecule has 0 spiro atoms. The van der Waals surface area contributed by atoms with Crippen molar-refractivity contribution < 1.29 is 9.53 Å². The van der Waals surface area contributed by atoms with Gasteiger partial charge in [0.05, 0.1) is 13.7 Å². The molecule has 0 radical (unpaired) electrons. The van der Waals surface area contributed by atoms with Crippen molar-refractivity contribution in [1.29, 1.82) is 0 Å². The molecule has 0 bridgehead atoms. The van der Waals surface area contributed by atoms with E-state index in [1.807, 2.05) is 0 Å². The van der Waals surface area contributed by atoms with E-state index >= 15 is 0 Å². The van der Waals surface area contributed by atoms with E-state index in [1.165, 1.54) is 7.11 Å². The molecule has 0 saturated heterocycles. The Bertz CT molecular complexity index is 434. The van der Waals surface area contributed by atoms with Crippen LogP contribution in [-0.4, -0.2) is 19.6 Å². The van der Waals surface area contributed by atoms with Crippen LogP contribution in [0.15, 0.2) is 18.2 Å². The van der Waals surface area contributed by atoms with Gasteiger partial charge in [-0.15, -0.1) is 6.42 Å². The van der Waals surface area contributed by atoms with Crippen LogP contribution in [0.3, 0.4) is 0 Å². The van der Waals surface area contributed by atoms with Gasteiger partial charge in [0.15, 0.2) is 0 Å². The number of hydrogen-bond donors (Lipinski definition) is 1. The van der Waals surface area contributed by atoms with Crippen molar-refractivity contribution in [2.45, 2.75) is 6.04 Å². The Morgan fingerprint density at radius 3 is 2.53 bits per heavy atom. The maximum absolute atomic E-state index is 11.6. The predicted octanol–water partition coefficient (Wildman–Crippen LogP) is 2.43. The van der Waals surface area contributed by atoms with E-state index < -0.39 is 12.0 Å². The fourth-order valence-corrected chi connectivity index (χ4v) is 1.90. The van der Waals surface area contributed by atoms with E-state index in [4.69, 9.17) is 29.6 Å². The largest absolute Gasteiger partial charge is 0.468 e. The quantitative estimate of drug-likeness (QED) is 0.675. The Hall–Kier alpha value is -1.21. The lowest BCUT2D eigenvalue weighted by Crippen LogP contribution is -2.29. The number of methoxy groups -OCH3 is 1. The van der Waals surface area contributed by atoms with Gasteiger partial charge < -0.3 is 4.74 Å². The van der Waals surface area contributed by atoms with Gasteiger partial charge in [0.1, 0.15) is 6.04 Å². The van der Waals surface area contributed by atoms with Gasteiger partial charge in [0, 0.05) is 10.0 Å². The third-order valence-electron chi connectivity index (χ3n) is 2.06. The van der Waals surface area contributed by atoms with E-state index in [0.29, 0.717) is 15.6 Å². The lowest BCUT2D eigenvalue weighted by molar-refractivity contribution is -0.143. The summed E-state index contributed by atoms with van der Waals surface area (Å²) in [6.07, 6.45) is 5.14. The smallest absolute Gasteiger partial charge is 0.327 e. The van der Waals surface area contributed by atoms with Crippen molar-refractivity contribution in [1.82, 2.24) is 5.32 Å². The lowest BCUT2D eigenvalue weighted by Gasteiger charge is -2.15. The topological polar surface area (TPSA) is 38.3 Å². The Labute approximate surface area is 110 Å². The molecule has 0 aliphatic heterocycles. The van der Waals surface area contributed by atoms with Gasteiger partial charge in [-0.05, 0) is 23.8 Å². The zero-order valence-corrected chi connectivity index (χ0v) is 10.7. The number of rotatable bonds is 4. The van der Waals surface area contributed by atoms with Crippen LogP contribution < -0.4 is 5.32 Å². The third kappa shape index (κ3) is 3.94. The first-order valence-electron chi connectivity index (χ1n) is 4.79. The lowest BCUT2D eigenvalue weighted by atomic mass is 10.1. The minimum atomic E-state index is -0.674. The first kappa shape index (κ1) is 13.9. The van der Waals surface area contributed by atoms with Gasteiger partial charge >= 0.3 is 5.97 Å². The van der Waals surface area contributed by atoms with Crippen molar-refractivity contribution in [2.75, 3.05) is 13.7 Å². The van der Waals surface area contributed by atoms with E-state index in [1.54, 1.807) is 18.2 Å². The van der Waals surface area contributed by atoms with Crippen LogP contribution in [0.1, 0.15) is 11.6 Å². The summed E-state index contributed by atoms with van der Waals surface area (Å²) in [5.74, 6) is 1.95. The first-order chi connectivity index (χ1) is 8.08. The number of nitrogens with one attached hydrogen (secondary N) is 1. The molecule has 90 valence electrons. The van der Waals surface area contributed by atoms with Crippen LogP contribution in [0.4, 0.5) is 0 Å². The highest BCUT2D eigenvalue weighted by Gasteiger charge is 2.21. The van der Waals surface area contributed by atoms with Crippen LogP contribution in [0, 0.1) is 12.3 Å². The fraction of sp³-hybridized carbons (Fsp3) is 0.250. The van der Waals surface area contributed by atoms with Crippen molar-refractivity contribution in [3.05, 3.63) is 33.8 Å². The van der Waals surface area contributed by atoms with Crippen LogP contribution in [0.25, 0.3) is 0 Å². The molecule has 1 N–H and O–H groups in total.